The van der Waals surface area contributed by atoms with Crippen LogP contribution in [-0.2, 0) is 19.1 Å². The van der Waals surface area contributed by atoms with E-state index in [9.17, 15) is 14.9 Å². The van der Waals surface area contributed by atoms with Gasteiger partial charge in [0.25, 0.3) is 0 Å². The van der Waals surface area contributed by atoms with E-state index in [0.717, 1.165) is 5.56 Å². The average molecular weight is 432 g/mol. The van der Waals surface area contributed by atoms with Gasteiger partial charge in [-0.25, -0.2) is 9.59 Å². The van der Waals surface area contributed by atoms with Crippen molar-refractivity contribution in [3.05, 3.63) is 82.3 Å². The number of hydrogen-bond acceptors (Lipinski definition) is 8. The number of nitrogens with one attached hydrogen (secondary N) is 1. The number of carbonyl (C=O) groups excluding carboxylic acids is 2. The van der Waals surface area contributed by atoms with Crippen LogP contribution in [0.5, 0.6) is 0 Å². The largest absolute Gasteiger partial charge is 0.466 e. The lowest BCUT2D eigenvalue weighted by molar-refractivity contribution is -0.139. The quantitative estimate of drug-likeness (QED) is 0.693. The maximum atomic E-state index is 13.1. The third kappa shape index (κ3) is 3.65. The highest BCUT2D eigenvalue weighted by molar-refractivity contribution is 6.07. The number of rotatable bonds is 5. The lowest BCUT2D eigenvalue weighted by Crippen LogP contribution is -2.41. The minimum absolute atomic E-state index is 0.0245. The molecule has 0 aromatic heterocycles. The number of esters is 2. The van der Waals surface area contributed by atoms with E-state index in [1.165, 1.54) is 19.1 Å². The highest BCUT2D eigenvalue weighted by Gasteiger charge is 2.43. The third-order valence-electron chi connectivity index (χ3n) is 5.35. The number of nitrogens with zero attached hydrogens (tertiary/aromatic N) is 2. The van der Waals surface area contributed by atoms with Gasteiger partial charge < -0.3 is 20.5 Å². The van der Waals surface area contributed by atoms with Gasteiger partial charge in [-0.1, -0.05) is 42.5 Å². The zero-order chi connectivity index (χ0) is 23.4. The van der Waals surface area contributed by atoms with E-state index >= 15 is 0 Å². The van der Waals surface area contributed by atoms with Crippen molar-refractivity contribution in [2.75, 3.05) is 31.5 Å². The van der Waals surface area contributed by atoms with Gasteiger partial charge in [0.15, 0.2) is 0 Å². The summed E-state index contributed by atoms with van der Waals surface area (Å²) in [6, 6.07) is 16.4. The zero-order valence-corrected chi connectivity index (χ0v) is 18.3. The van der Waals surface area contributed by atoms with Gasteiger partial charge in [-0.05, 0) is 24.1 Å². The summed E-state index contributed by atoms with van der Waals surface area (Å²) in [5.74, 6) is -2.42. The lowest BCUT2D eigenvalue weighted by Gasteiger charge is -2.36. The van der Waals surface area contributed by atoms with Crippen molar-refractivity contribution in [2.45, 2.75) is 12.8 Å². The third-order valence-corrected chi connectivity index (χ3v) is 5.35. The topological polar surface area (TPSA) is 118 Å². The molecule has 0 saturated heterocycles. The summed E-state index contributed by atoms with van der Waals surface area (Å²) in [4.78, 5) is 27.5. The SMILES string of the molecule is CNc1c(C)cccc1N1C(N)=C(C#N)C(c2ccccc2)C(C(=O)OC)=C1C(=O)OC. The molecule has 1 atom stereocenters. The summed E-state index contributed by atoms with van der Waals surface area (Å²) >= 11 is 0. The molecular weight excluding hydrogens is 408 g/mol. The molecule has 0 saturated carbocycles. The Morgan fingerprint density at radius 1 is 1.06 bits per heavy atom. The van der Waals surface area contributed by atoms with Gasteiger partial charge in [-0.15, -0.1) is 0 Å². The molecule has 3 rings (SSSR count). The summed E-state index contributed by atoms with van der Waals surface area (Å²) < 4.78 is 10.1. The fourth-order valence-electron chi connectivity index (χ4n) is 3.93. The van der Waals surface area contributed by atoms with E-state index in [1.54, 1.807) is 43.4 Å². The van der Waals surface area contributed by atoms with Crippen LogP contribution in [0.25, 0.3) is 0 Å². The maximum Gasteiger partial charge on any atom is 0.355 e. The second-order valence-electron chi connectivity index (χ2n) is 7.05. The number of nitriles is 1. The predicted molar refractivity (Wildman–Crippen MR) is 120 cm³/mol. The first-order chi connectivity index (χ1) is 15.4. The van der Waals surface area contributed by atoms with Crippen molar-refractivity contribution in [1.82, 2.24) is 0 Å². The highest BCUT2D eigenvalue weighted by Crippen LogP contribution is 2.45. The second kappa shape index (κ2) is 9.27. The number of methoxy groups -OCH3 is 2. The molecule has 1 unspecified atom stereocenters. The summed E-state index contributed by atoms with van der Waals surface area (Å²) in [5, 5.41) is 13.2. The van der Waals surface area contributed by atoms with E-state index in [-0.39, 0.29) is 22.7 Å². The first-order valence-corrected chi connectivity index (χ1v) is 9.84. The Balaban J connectivity index is 2.46. The zero-order valence-electron chi connectivity index (χ0n) is 18.3. The Morgan fingerprint density at radius 3 is 2.28 bits per heavy atom. The summed E-state index contributed by atoms with van der Waals surface area (Å²) in [7, 11) is 4.17. The number of allylic oxidation sites excluding steroid dienone is 1. The molecule has 0 bridgehead atoms. The van der Waals surface area contributed by atoms with Crippen LogP contribution in [0.4, 0.5) is 11.4 Å². The van der Waals surface area contributed by atoms with Crippen LogP contribution in [0.3, 0.4) is 0 Å². The number of para-hydroxylation sites is 1. The summed E-state index contributed by atoms with van der Waals surface area (Å²) in [5.41, 5.74) is 9.17. The molecule has 1 heterocycles. The van der Waals surface area contributed by atoms with Crippen LogP contribution < -0.4 is 16.0 Å². The monoisotopic (exact) mass is 432 g/mol. The van der Waals surface area contributed by atoms with Crippen LogP contribution in [-0.4, -0.2) is 33.2 Å². The Hall–Kier alpha value is -4.25. The number of benzene rings is 2. The molecule has 2 aromatic rings. The maximum absolute atomic E-state index is 13.1. The number of hydrogen-bond donors (Lipinski definition) is 2. The number of carbonyl (C=O) groups is 2. The molecular formula is C24H24N4O4. The first-order valence-electron chi connectivity index (χ1n) is 9.84. The molecule has 8 nitrogen and oxygen atoms in total. The minimum Gasteiger partial charge on any atom is -0.466 e. The minimum atomic E-state index is -0.901. The van der Waals surface area contributed by atoms with Gasteiger partial charge in [-0.3, -0.25) is 4.90 Å². The predicted octanol–water partition coefficient (Wildman–Crippen LogP) is 2.93. The van der Waals surface area contributed by atoms with Gasteiger partial charge in [0, 0.05) is 7.05 Å². The second-order valence-corrected chi connectivity index (χ2v) is 7.05. The van der Waals surface area contributed by atoms with E-state index in [0.29, 0.717) is 16.9 Å². The highest BCUT2D eigenvalue weighted by atomic mass is 16.5. The molecule has 3 N–H and O–H groups in total. The number of nitrogens with two attached hydrogens (primary N) is 1. The van der Waals surface area contributed by atoms with Gasteiger partial charge in [-0.2, -0.15) is 5.26 Å². The Labute approximate surface area is 186 Å². The van der Waals surface area contributed by atoms with Crippen molar-refractivity contribution < 1.29 is 19.1 Å². The summed E-state index contributed by atoms with van der Waals surface area (Å²) in [6.07, 6.45) is 0. The molecule has 1 aliphatic rings. The molecule has 0 radical (unpaired) electrons. The molecule has 0 spiro atoms. The number of aryl methyl sites for hydroxylation is 1. The fraction of sp³-hybridized carbons (Fsp3) is 0.208. The lowest BCUT2D eigenvalue weighted by atomic mass is 9.81. The van der Waals surface area contributed by atoms with E-state index in [1.807, 2.05) is 19.1 Å². The molecule has 0 fully saturated rings. The number of ether oxygens (including phenoxy) is 2. The van der Waals surface area contributed by atoms with Crippen LogP contribution in [0.1, 0.15) is 17.0 Å². The van der Waals surface area contributed by atoms with Crippen molar-refractivity contribution in [3.63, 3.8) is 0 Å². The Morgan fingerprint density at radius 2 is 1.72 bits per heavy atom. The van der Waals surface area contributed by atoms with Gasteiger partial charge in [0.05, 0.1) is 48.7 Å². The Kier molecular flexibility index (Phi) is 6.50. The first kappa shape index (κ1) is 22.4. The van der Waals surface area contributed by atoms with Crippen molar-refractivity contribution >= 4 is 23.3 Å². The molecule has 164 valence electrons. The van der Waals surface area contributed by atoms with Crippen LogP contribution in [0.2, 0.25) is 0 Å². The molecule has 1 aliphatic heterocycles. The van der Waals surface area contributed by atoms with Crippen molar-refractivity contribution in [1.29, 1.82) is 5.26 Å². The van der Waals surface area contributed by atoms with Crippen LogP contribution in [0.15, 0.2) is 71.2 Å². The van der Waals surface area contributed by atoms with Gasteiger partial charge >= 0.3 is 11.9 Å². The van der Waals surface area contributed by atoms with E-state index < -0.39 is 17.9 Å². The summed E-state index contributed by atoms with van der Waals surface area (Å²) in [6.45, 7) is 1.89. The smallest absolute Gasteiger partial charge is 0.355 e. The van der Waals surface area contributed by atoms with Crippen molar-refractivity contribution in [3.8, 4) is 6.07 Å². The molecule has 0 amide bonds. The molecule has 8 heteroatoms. The molecule has 32 heavy (non-hydrogen) atoms. The standard InChI is InChI=1S/C24H24N4O4/c1-14-9-8-12-17(20(14)27-2)28-21(24(30)32-4)19(23(29)31-3)18(16(13-25)22(28)26)15-10-6-5-7-11-15/h5-12,18,27H,26H2,1-4H3. The van der Waals surface area contributed by atoms with Gasteiger partial charge in [0.2, 0.25) is 0 Å². The van der Waals surface area contributed by atoms with Gasteiger partial charge in [0.1, 0.15) is 11.5 Å². The average Bonchev–Trinajstić information content (AvgIpc) is 2.82. The van der Waals surface area contributed by atoms with Crippen LogP contribution >= 0.6 is 0 Å². The van der Waals surface area contributed by atoms with E-state index in [2.05, 4.69) is 11.4 Å². The van der Waals surface area contributed by atoms with Crippen molar-refractivity contribution in [2.24, 2.45) is 5.73 Å². The van der Waals surface area contributed by atoms with Crippen LogP contribution in [0, 0.1) is 18.3 Å². The fourth-order valence-corrected chi connectivity index (χ4v) is 3.93. The molecule has 0 aliphatic carbocycles. The Bertz CT molecular complexity index is 1160. The van der Waals surface area contributed by atoms with E-state index in [4.69, 9.17) is 15.2 Å². The molecule has 2 aromatic carbocycles. The number of anilines is 2. The normalized spacial score (nSPS) is 15.8.